The molecule has 4 nitrogen and oxygen atoms in total. The van der Waals surface area contributed by atoms with Crippen molar-refractivity contribution in [3.05, 3.63) is 47.5 Å². The van der Waals surface area contributed by atoms with Gasteiger partial charge in [0, 0.05) is 12.8 Å². The molecule has 2 aliphatic carbocycles. The molecule has 4 heteroatoms. The first kappa shape index (κ1) is 19.7. The minimum atomic E-state index is -0.773. The number of hydrogen-bond acceptors (Lipinski definition) is 3. The van der Waals surface area contributed by atoms with Gasteiger partial charge in [0.15, 0.2) is 0 Å². The van der Waals surface area contributed by atoms with Gasteiger partial charge in [-0.1, -0.05) is 60.7 Å². The molecule has 0 spiro atoms. The van der Waals surface area contributed by atoms with Gasteiger partial charge in [0.2, 0.25) is 0 Å². The van der Waals surface area contributed by atoms with Crippen LogP contribution < -0.4 is 0 Å². The SMILES string of the molecule is CC1C(=CCCC(=O)O)[C@@H]2CC[C@H](O)[C@@H](C#CC(O)Cc3ccccc3)[C@H]12. The zero-order chi connectivity index (χ0) is 19.4. The Balaban J connectivity index is 1.65. The van der Waals surface area contributed by atoms with Crippen LogP contribution in [0.25, 0.3) is 0 Å². The topological polar surface area (TPSA) is 77.8 Å². The Bertz CT molecular complexity index is 743. The predicted octanol–water partition coefficient (Wildman–Crippen LogP) is 3.04. The average Bonchev–Trinajstić information content (AvgIpc) is 2.64. The van der Waals surface area contributed by atoms with Crippen LogP contribution in [0.2, 0.25) is 0 Å². The van der Waals surface area contributed by atoms with Gasteiger partial charge in [0.25, 0.3) is 0 Å². The molecule has 3 rings (SSSR count). The molecule has 1 aromatic carbocycles. The Morgan fingerprint density at radius 2 is 2.04 bits per heavy atom. The van der Waals surface area contributed by atoms with E-state index in [1.54, 1.807) is 0 Å². The maximum absolute atomic E-state index is 10.7. The van der Waals surface area contributed by atoms with E-state index in [1.807, 2.05) is 30.3 Å². The molecule has 6 atom stereocenters. The van der Waals surface area contributed by atoms with Crippen LogP contribution in [-0.4, -0.2) is 33.5 Å². The molecular weight excluding hydrogens is 340 g/mol. The summed E-state index contributed by atoms with van der Waals surface area (Å²) in [6, 6.07) is 9.77. The Morgan fingerprint density at radius 1 is 1.30 bits per heavy atom. The number of benzene rings is 1. The highest BCUT2D eigenvalue weighted by atomic mass is 16.4. The van der Waals surface area contributed by atoms with Gasteiger partial charge >= 0.3 is 5.97 Å². The van der Waals surface area contributed by atoms with Gasteiger partial charge < -0.3 is 15.3 Å². The molecule has 27 heavy (non-hydrogen) atoms. The molecule has 0 aromatic heterocycles. The summed E-state index contributed by atoms with van der Waals surface area (Å²) in [5.41, 5.74) is 2.37. The van der Waals surface area contributed by atoms with Crippen LogP contribution in [0, 0.1) is 35.5 Å². The van der Waals surface area contributed by atoms with Crippen molar-refractivity contribution in [1.29, 1.82) is 0 Å². The standard InChI is InChI=1S/C23H28O4/c1-15-18(8-5-9-22(26)27)19-12-13-21(25)20(23(15)19)11-10-17(24)14-16-6-3-2-4-7-16/h2-4,6-8,15,17,19-21,23-25H,5,9,12-14H2,1H3,(H,26,27)/t15?,17?,19-,20+,21-,23+/m0/s1. The summed E-state index contributed by atoms with van der Waals surface area (Å²) in [5.74, 6) is 6.23. The predicted molar refractivity (Wildman–Crippen MR) is 104 cm³/mol. The van der Waals surface area contributed by atoms with Crippen molar-refractivity contribution in [3.8, 4) is 11.8 Å². The summed E-state index contributed by atoms with van der Waals surface area (Å²) in [6.07, 6.45) is 3.73. The first-order valence-corrected chi connectivity index (χ1v) is 9.80. The van der Waals surface area contributed by atoms with Crippen molar-refractivity contribution in [2.75, 3.05) is 0 Å². The minimum absolute atomic E-state index is 0.124. The maximum atomic E-state index is 10.7. The Morgan fingerprint density at radius 3 is 2.74 bits per heavy atom. The van der Waals surface area contributed by atoms with Crippen molar-refractivity contribution in [1.82, 2.24) is 0 Å². The highest BCUT2D eigenvalue weighted by Gasteiger charge is 2.50. The third-order valence-electron chi connectivity index (χ3n) is 6.03. The van der Waals surface area contributed by atoms with Gasteiger partial charge in [-0.15, -0.1) is 0 Å². The molecule has 0 aliphatic heterocycles. The quantitative estimate of drug-likeness (QED) is 0.551. The van der Waals surface area contributed by atoms with Crippen molar-refractivity contribution in [3.63, 3.8) is 0 Å². The molecule has 144 valence electrons. The number of aliphatic hydroxyl groups excluding tert-OH is 2. The van der Waals surface area contributed by atoms with Gasteiger partial charge in [0.05, 0.1) is 12.0 Å². The van der Waals surface area contributed by atoms with E-state index >= 15 is 0 Å². The average molecular weight is 368 g/mol. The van der Waals surface area contributed by atoms with E-state index in [0.717, 1.165) is 12.0 Å². The second-order valence-electron chi connectivity index (χ2n) is 7.77. The molecule has 0 radical (unpaired) electrons. The third kappa shape index (κ3) is 4.61. The number of hydrogen-bond donors (Lipinski definition) is 3. The van der Waals surface area contributed by atoms with Crippen molar-refractivity contribution >= 4 is 5.97 Å². The molecule has 3 N–H and O–H groups in total. The second-order valence-corrected chi connectivity index (χ2v) is 7.77. The number of allylic oxidation sites excluding steroid dienone is 2. The molecule has 0 saturated heterocycles. The van der Waals surface area contributed by atoms with Crippen LogP contribution in [0.15, 0.2) is 42.0 Å². The summed E-state index contributed by atoms with van der Waals surface area (Å²) < 4.78 is 0. The van der Waals surface area contributed by atoms with E-state index in [9.17, 15) is 15.0 Å². The van der Waals surface area contributed by atoms with E-state index in [-0.39, 0.29) is 12.3 Å². The number of carboxylic acids is 1. The molecule has 2 aliphatic rings. The monoisotopic (exact) mass is 368 g/mol. The number of rotatable bonds is 5. The first-order chi connectivity index (χ1) is 13.0. The summed E-state index contributed by atoms with van der Waals surface area (Å²) in [7, 11) is 0. The normalized spacial score (nSPS) is 32.0. The smallest absolute Gasteiger partial charge is 0.303 e. The largest absolute Gasteiger partial charge is 0.481 e. The van der Waals surface area contributed by atoms with Gasteiger partial charge in [-0.05, 0) is 42.6 Å². The van der Waals surface area contributed by atoms with Crippen LogP contribution >= 0.6 is 0 Å². The molecule has 0 bridgehead atoms. The van der Waals surface area contributed by atoms with Crippen LogP contribution in [0.1, 0.15) is 38.2 Å². The minimum Gasteiger partial charge on any atom is -0.481 e. The van der Waals surface area contributed by atoms with Crippen molar-refractivity contribution in [2.24, 2.45) is 23.7 Å². The van der Waals surface area contributed by atoms with Crippen LogP contribution in [0.4, 0.5) is 0 Å². The Kier molecular flexibility index (Phi) is 6.36. The van der Waals surface area contributed by atoms with E-state index in [4.69, 9.17) is 5.11 Å². The molecule has 0 heterocycles. The van der Waals surface area contributed by atoms with Gasteiger partial charge in [-0.25, -0.2) is 0 Å². The fourth-order valence-corrected chi connectivity index (χ4v) is 4.69. The van der Waals surface area contributed by atoms with Crippen LogP contribution in [-0.2, 0) is 11.2 Å². The molecule has 0 amide bonds. The molecule has 2 unspecified atom stereocenters. The maximum Gasteiger partial charge on any atom is 0.303 e. The Labute approximate surface area is 160 Å². The summed E-state index contributed by atoms with van der Waals surface area (Å²) in [5, 5.41) is 29.5. The number of fused-ring (bicyclic) bond motifs is 1. The lowest BCUT2D eigenvalue weighted by molar-refractivity contribution is -0.136. The van der Waals surface area contributed by atoms with E-state index < -0.39 is 18.2 Å². The number of aliphatic hydroxyl groups is 2. The zero-order valence-electron chi connectivity index (χ0n) is 15.7. The molecule has 2 fully saturated rings. The third-order valence-corrected chi connectivity index (χ3v) is 6.03. The fraction of sp³-hybridized carbons (Fsp3) is 0.522. The number of carboxylic acid groups (broad SMARTS) is 1. The lowest BCUT2D eigenvalue weighted by Gasteiger charge is -2.53. The van der Waals surface area contributed by atoms with Gasteiger partial charge in [-0.3, -0.25) is 4.79 Å². The highest BCUT2D eigenvalue weighted by molar-refractivity contribution is 5.66. The van der Waals surface area contributed by atoms with Gasteiger partial charge in [-0.2, -0.15) is 0 Å². The summed E-state index contributed by atoms with van der Waals surface area (Å²) >= 11 is 0. The fourth-order valence-electron chi connectivity index (χ4n) is 4.69. The molecule has 2 saturated carbocycles. The van der Waals surface area contributed by atoms with Crippen molar-refractivity contribution in [2.45, 2.75) is 51.2 Å². The van der Waals surface area contributed by atoms with Crippen molar-refractivity contribution < 1.29 is 20.1 Å². The Hall–Kier alpha value is -2.09. The molecular formula is C23H28O4. The second kappa shape index (κ2) is 8.73. The summed E-state index contributed by atoms with van der Waals surface area (Å²) in [6.45, 7) is 2.14. The number of carbonyl (C=O) groups is 1. The lowest BCUT2D eigenvalue weighted by Crippen LogP contribution is -2.50. The van der Waals surface area contributed by atoms with E-state index in [0.29, 0.717) is 37.0 Å². The van der Waals surface area contributed by atoms with E-state index in [2.05, 4.69) is 24.8 Å². The van der Waals surface area contributed by atoms with Crippen LogP contribution in [0.5, 0.6) is 0 Å². The molecule has 1 aromatic rings. The zero-order valence-corrected chi connectivity index (χ0v) is 15.7. The number of aliphatic carboxylic acids is 1. The van der Waals surface area contributed by atoms with E-state index in [1.165, 1.54) is 5.57 Å². The lowest BCUT2D eigenvalue weighted by atomic mass is 9.51. The van der Waals surface area contributed by atoms with Gasteiger partial charge in [0.1, 0.15) is 6.10 Å². The summed E-state index contributed by atoms with van der Waals surface area (Å²) in [4.78, 5) is 10.7. The van der Waals surface area contributed by atoms with Crippen LogP contribution in [0.3, 0.4) is 0 Å². The first-order valence-electron chi connectivity index (χ1n) is 9.80. The highest BCUT2D eigenvalue weighted by Crippen LogP contribution is 2.55.